The number of aliphatic carboxylic acids is 1. The van der Waals surface area contributed by atoms with E-state index >= 15 is 0 Å². The molecule has 0 saturated carbocycles. The molecule has 512 valence electrons. The number of carbonyl (C=O) groups excluding carboxylic acids is 10. The molecule has 26 nitrogen and oxygen atoms in total. The lowest BCUT2D eigenvalue weighted by molar-refractivity contribution is -0.142. The zero-order valence-electron chi connectivity index (χ0n) is 54.4. The van der Waals surface area contributed by atoms with Crippen LogP contribution in [0.15, 0.2) is 54.7 Å². The van der Waals surface area contributed by atoms with Gasteiger partial charge in [-0.1, -0.05) is 141 Å². The number of carboxylic acids is 1. The van der Waals surface area contributed by atoms with Gasteiger partial charge in [0.25, 0.3) is 0 Å². The number of H-pyrrole nitrogens is 1. The Labute approximate surface area is 541 Å². The number of nitrogens with one attached hydrogen (secondary N) is 10. The number of phenols is 1. The van der Waals surface area contributed by atoms with Gasteiger partial charge in [0.15, 0.2) is 0 Å². The molecule has 0 aliphatic rings. The van der Waals surface area contributed by atoms with Crippen molar-refractivity contribution in [1.29, 1.82) is 0 Å². The number of carboxylic acid groups (broad SMARTS) is 1. The summed E-state index contributed by atoms with van der Waals surface area (Å²) in [4.78, 5) is 151. The van der Waals surface area contributed by atoms with Crippen molar-refractivity contribution in [2.75, 3.05) is 26.2 Å². The molecule has 0 saturated heterocycles. The summed E-state index contributed by atoms with van der Waals surface area (Å²) in [6.45, 7) is 6.23. The number of hydrogen-bond donors (Lipinski definition) is 15. The van der Waals surface area contributed by atoms with E-state index in [4.69, 9.17) is 17.2 Å². The maximum Gasteiger partial charge on any atom is 0.325 e. The van der Waals surface area contributed by atoms with Crippen molar-refractivity contribution in [3.8, 4) is 5.75 Å². The van der Waals surface area contributed by atoms with Crippen LogP contribution < -0.4 is 65.1 Å². The van der Waals surface area contributed by atoms with E-state index in [1.807, 2.05) is 24.3 Å². The Morgan fingerprint density at radius 2 is 1.00 bits per heavy atom. The molecule has 1 aromatic heterocycles. The molecule has 3 aromatic rings. The Morgan fingerprint density at radius 3 is 1.55 bits per heavy atom. The van der Waals surface area contributed by atoms with Crippen LogP contribution in [0.25, 0.3) is 10.9 Å². The van der Waals surface area contributed by atoms with Crippen LogP contribution in [0.3, 0.4) is 0 Å². The summed E-state index contributed by atoms with van der Waals surface area (Å²) in [5.41, 5.74) is 19.2. The third-order valence-electron chi connectivity index (χ3n) is 16.1. The Morgan fingerprint density at radius 1 is 0.500 bits per heavy atom. The molecule has 1 heterocycles. The highest BCUT2D eigenvalue weighted by Crippen LogP contribution is 2.21. The zero-order chi connectivity index (χ0) is 67.8. The zero-order valence-corrected chi connectivity index (χ0v) is 54.4. The van der Waals surface area contributed by atoms with Crippen LogP contribution in [0.2, 0.25) is 0 Å². The highest BCUT2D eigenvalue weighted by Gasteiger charge is 2.35. The second-order valence-corrected chi connectivity index (χ2v) is 23.9. The average molecular weight is 1290 g/mol. The van der Waals surface area contributed by atoms with E-state index in [1.165, 1.54) is 95.4 Å². The first-order chi connectivity index (χ1) is 44.1. The smallest absolute Gasteiger partial charge is 0.325 e. The largest absolute Gasteiger partial charge is 0.508 e. The third kappa shape index (κ3) is 30.8. The summed E-state index contributed by atoms with van der Waals surface area (Å²) in [5, 5.41) is 43.3. The quantitative estimate of drug-likeness (QED) is 0.0360. The van der Waals surface area contributed by atoms with Crippen LogP contribution in [-0.2, 0) is 65.6 Å². The van der Waals surface area contributed by atoms with Gasteiger partial charge in [0, 0.05) is 36.4 Å². The molecule has 26 heteroatoms. The molecule has 0 unspecified atom stereocenters. The number of aromatic amines is 1. The fraction of sp³-hybridized carbons (Fsp3) is 0.621. The second-order valence-electron chi connectivity index (χ2n) is 23.9. The Bertz CT molecular complexity index is 2800. The summed E-state index contributed by atoms with van der Waals surface area (Å²) in [5.74, 6) is -9.91. The first-order valence-corrected chi connectivity index (χ1v) is 33.0. The third-order valence-corrected chi connectivity index (χ3v) is 16.1. The van der Waals surface area contributed by atoms with Crippen LogP contribution in [0, 0.1) is 5.92 Å². The maximum atomic E-state index is 14.3. The lowest BCUT2D eigenvalue weighted by Gasteiger charge is -2.28. The van der Waals surface area contributed by atoms with E-state index in [0.717, 1.165) is 35.7 Å². The first-order valence-electron chi connectivity index (χ1n) is 33.0. The van der Waals surface area contributed by atoms with Crippen LogP contribution in [-0.4, -0.2) is 149 Å². The summed E-state index contributed by atoms with van der Waals surface area (Å²) in [7, 11) is 0. The Balaban J connectivity index is 1.67. The van der Waals surface area contributed by atoms with Crippen molar-refractivity contribution in [2.24, 2.45) is 23.1 Å². The number of para-hydroxylation sites is 1. The molecule has 0 aliphatic heterocycles. The molecular formula is C66H105N13O13. The molecule has 0 fully saturated rings. The molecule has 2 aromatic carbocycles. The second kappa shape index (κ2) is 44.4. The number of rotatable bonds is 49. The van der Waals surface area contributed by atoms with Gasteiger partial charge in [-0.2, -0.15) is 0 Å². The van der Waals surface area contributed by atoms with Gasteiger partial charge in [-0.25, -0.2) is 0 Å². The van der Waals surface area contributed by atoms with Gasteiger partial charge in [-0.3, -0.25) is 52.7 Å². The molecule has 8 atom stereocenters. The van der Waals surface area contributed by atoms with E-state index in [1.54, 1.807) is 20.0 Å². The van der Waals surface area contributed by atoms with Crippen molar-refractivity contribution in [3.05, 3.63) is 65.9 Å². The van der Waals surface area contributed by atoms with E-state index in [0.29, 0.717) is 37.7 Å². The minimum atomic E-state index is -1.72. The van der Waals surface area contributed by atoms with Gasteiger partial charge in [0.2, 0.25) is 59.1 Å². The number of unbranched alkanes of at least 4 members (excludes halogenated alkanes) is 15. The number of primary amides is 1. The van der Waals surface area contributed by atoms with E-state index < -0.39 is 127 Å². The van der Waals surface area contributed by atoms with E-state index in [-0.39, 0.29) is 63.3 Å². The number of fused-ring (bicyclic) bond motifs is 1. The molecule has 0 spiro atoms. The van der Waals surface area contributed by atoms with Crippen molar-refractivity contribution >= 4 is 75.9 Å². The molecule has 3 rings (SSSR count). The molecule has 0 aliphatic carbocycles. The highest BCUT2D eigenvalue weighted by atomic mass is 16.4. The maximum absolute atomic E-state index is 14.3. The summed E-state index contributed by atoms with van der Waals surface area (Å²) < 4.78 is 0. The average Bonchev–Trinajstić information content (AvgIpc) is 1.76. The normalized spacial score (nSPS) is 13.8. The lowest BCUT2D eigenvalue weighted by Crippen LogP contribution is -2.60. The van der Waals surface area contributed by atoms with Gasteiger partial charge in [0.1, 0.15) is 48.0 Å². The van der Waals surface area contributed by atoms with Gasteiger partial charge < -0.3 is 80.2 Å². The predicted molar refractivity (Wildman–Crippen MR) is 351 cm³/mol. The Kier molecular flexibility index (Phi) is 37.7. The standard InChI is InChI=1S/C66H105N13O13/c1-5-7-8-9-10-11-12-13-14-15-16-17-18-19-30-56(82)74-53(38-46-40-70-49-27-21-20-26-48(46)49)60(85)72-41-57(83)71-42-58(84)79-59(43(3)6-2)65(90)76-51(29-23-25-36-68)61(86)75-50(28-22-24-35-67)62(87)78-54(39-55(69)81)64(89)77-52(63(88)73-44(4)66(91)92)37-45-31-33-47(80)34-32-45/h20-21,26-27,31-34,40,43-44,50-54,59,70,80H,5-19,22-25,28-30,35-39,41-42,67-68H2,1-4H3,(H2,69,81)(H,71,83)(H,72,85)(H,73,88)(H,74,82)(H,75,86)(H,76,90)(H,77,89)(H,78,87)(H,79,84)(H,91,92)/t43-,44-,50-,51-,52-,53-,54-,59-/m0/s1. The van der Waals surface area contributed by atoms with Crippen LogP contribution >= 0.6 is 0 Å². The van der Waals surface area contributed by atoms with Crippen LogP contribution in [0.4, 0.5) is 0 Å². The van der Waals surface area contributed by atoms with Gasteiger partial charge in [0.05, 0.1) is 19.5 Å². The molecule has 0 bridgehead atoms. The van der Waals surface area contributed by atoms with Gasteiger partial charge in [-0.05, 0) is 100 Å². The van der Waals surface area contributed by atoms with Gasteiger partial charge in [-0.15, -0.1) is 0 Å². The summed E-state index contributed by atoms with van der Waals surface area (Å²) in [6.07, 6.45) is 19.5. The fourth-order valence-electron chi connectivity index (χ4n) is 10.4. The number of nitrogens with two attached hydrogens (primary N) is 3. The monoisotopic (exact) mass is 1290 g/mol. The molecule has 0 radical (unpaired) electrons. The number of benzene rings is 2. The number of hydrogen-bond acceptors (Lipinski definition) is 14. The van der Waals surface area contributed by atoms with Crippen molar-refractivity contribution in [3.63, 3.8) is 0 Å². The predicted octanol–water partition coefficient (Wildman–Crippen LogP) is 3.44. The lowest BCUT2D eigenvalue weighted by atomic mass is 9.97. The molecule has 10 amide bonds. The van der Waals surface area contributed by atoms with Crippen molar-refractivity contribution in [2.45, 2.75) is 231 Å². The number of phenolic OH excluding ortho intramolecular Hbond substituents is 1. The fourth-order valence-corrected chi connectivity index (χ4v) is 10.4. The van der Waals surface area contributed by atoms with E-state index in [2.05, 4.69) is 59.8 Å². The van der Waals surface area contributed by atoms with Crippen LogP contribution in [0.5, 0.6) is 5.75 Å². The highest BCUT2D eigenvalue weighted by molar-refractivity contribution is 5.99. The van der Waals surface area contributed by atoms with Crippen molar-refractivity contribution in [1.82, 2.24) is 52.8 Å². The molecule has 18 N–H and O–H groups in total. The Hall–Kier alpha value is -8.13. The molecular weight excluding hydrogens is 1180 g/mol. The minimum Gasteiger partial charge on any atom is -0.508 e. The van der Waals surface area contributed by atoms with Crippen LogP contribution in [0.1, 0.15) is 187 Å². The SMILES string of the molecule is CCCCCCCCCCCCCCCCC(=O)N[C@@H](Cc1c[nH]c2ccccc12)C(=O)NCC(=O)NCC(=O)N[C@H](C(=O)N[C@@H](CCCCN)C(=O)N[C@@H](CCCCN)C(=O)N[C@@H](CC(N)=O)C(=O)N[C@@H](Cc1ccc(O)cc1)C(=O)N[C@@H](C)C(=O)O)[C@@H](C)CC. The minimum absolute atomic E-state index is 0.0262. The number of carbonyl (C=O) groups is 11. The number of aromatic nitrogens is 1. The number of aromatic hydroxyl groups is 1. The number of amides is 10. The topological polar surface area (TPSA) is 430 Å². The van der Waals surface area contributed by atoms with Crippen molar-refractivity contribution < 1.29 is 63.0 Å². The summed E-state index contributed by atoms with van der Waals surface area (Å²) >= 11 is 0. The summed E-state index contributed by atoms with van der Waals surface area (Å²) in [6, 6.07) is 3.64. The molecule has 92 heavy (non-hydrogen) atoms. The van der Waals surface area contributed by atoms with Gasteiger partial charge >= 0.3 is 5.97 Å². The van der Waals surface area contributed by atoms with E-state index in [9.17, 15) is 63.0 Å². The first kappa shape index (κ1) is 78.1.